The minimum atomic E-state index is -0.213. The fourth-order valence-corrected chi connectivity index (χ4v) is 1.63. The molecule has 1 aliphatic carbocycles. The van der Waals surface area contributed by atoms with Crippen LogP contribution in [0.5, 0.6) is 0 Å². The van der Waals surface area contributed by atoms with Gasteiger partial charge in [-0.15, -0.1) is 0 Å². The number of aromatic nitrogens is 2. The standard InChI is InChI=1S/C12H18N4O2/c1-2-18-11(17)5-6-14-10-7-9(13)15-12(16-10)8-3-4-8/h7-8H,2-6H2,1H3,(H3,13,14,15,16). The van der Waals surface area contributed by atoms with E-state index >= 15 is 0 Å². The summed E-state index contributed by atoms with van der Waals surface area (Å²) in [6, 6.07) is 1.68. The Hall–Kier alpha value is -1.85. The fourth-order valence-electron chi connectivity index (χ4n) is 1.63. The minimum Gasteiger partial charge on any atom is -0.466 e. The van der Waals surface area contributed by atoms with E-state index in [1.807, 2.05) is 0 Å². The summed E-state index contributed by atoms with van der Waals surface area (Å²) >= 11 is 0. The summed E-state index contributed by atoms with van der Waals surface area (Å²) < 4.78 is 4.84. The van der Waals surface area contributed by atoms with E-state index in [1.165, 1.54) is 0 Å². The molecule has 1 saturated carbocycles. The number of nitrogens with zero attached hydrogens (tertiary/aromatic N) is 2. The average Bonchev–Trinajstić information content (AvgIpc) is 3.12. The maximum atomic E-state index is 11.2. The number of esters is 1. The Morgan fingerprint density at radius 2 is 2.33 bits per heavy atom. The first-order valence-corrected chi connectivity index (χ1v) is 6.23. The smallest absolute Gasteiger partial charge is 0.307 e. The van der Waals surface area contributed by atoms with Crippen molar-refractivity contribution >= 4 is 17.6 Å². The van der Waals surface area contributed by atoms with Crippen LogP contribution in [0.1, 0.15) is 37.9 Å². The predicted octanol–water partition coefficient (Wildman–Crippen LogP) is 1.30. The second kappa shape index (κ2) is 5.66. The van der Waals surface area contributed by atoms with Gasteiger partial charge in [-0.25, -0.2) is 9.97 Å². The third kappa shape index (κ3) is 3.58. The summed E-state index contributed by atoms with van der Waals surface area (Å²) in [7, 11) is 0. The Morgan fingerprint density at radius 3 is 3.00 bits per heavy atom. The van der Waals surface area contributed by atoms with Gasteiger partial charge in [-0.1, -0.05) is 0 Å². The Bertz CT molecular complexity index is 432. The highest BCUT2D eigenvalue weighted by molar-refractivity contribution is 5.70. The van der Waals surface area contributed by atoms with Crippen LogP contribution in [-0.2, 0) is 9.53 Å². The van der Waals surface area contributed by atoms with Crippen molar-refractivity contribution in [3.8, 4) is 0 Å². The lowest BCUT2D eigenvalue weighted by atomic mass is 10.3. The molecule has 1 aromatic rings. The number of carbonyl (C=O) groups is 1. The third-order valence-electron chi connectivity index (χ3n) is 2.65. The van der Waals surface area contributed by atoms with Gasteiger partial charge in [0.1, 0.15) is 17.5 Å². The molecule has 18 heavy (non-hydrogen) atoms. The summed E-state index contributed by atoms with van der Waals surface area (Å²) in [6.45, 7) is 2.68. The number of rotatable bonds is 6. The topological polar surface area (TPSA) is 90.1 Å². The molecule has 1 fully saturated rings. The van der Waals surface area contributed by atoms with Gasteiger partial charge >= 0.3 is 5.97 Å². The van der Waals surface area contributed by atoms with E-state index in [2.05, 4.69) is 15.3 Å². The Balaban J connectivity index is 1.86. The fraction of sp³-hybridized carbons (Fsp3) is 0.583. The molecule has 2 rings (SSSR count). The van der Waals surface area contributed by atoms with Crippen LogP contribution in [0, 0.1) is 0 Å². The van der Waals surface area contributed by atoms with Gasteiger partial charge in [-0.05, 0) is 19.8 Å². The molecule has 1 heterocycles. The van der Waals surface area contributed by atoms with Crippen molar-refractivity contribution in [3.05, 3.63) is 11.9 Å². The first-order chi connectivity index (χ1) is 8.69. The first-order valence-electron chi connectivity index (χ1n) is 6.23. The lowest BCUT2D eigenvalue weighted by Crippen LogP contribution is -2.13. The summed E-state index contributed by atoms with van der Waals surface area (Å²) in [5, 5.41) is 3.07. The summed E-state index contributed by atoms with van der Waals surface area (Å²) in [4.78, 5) is 19.8. The molecule has 0 saturated heterocycles. The van der Waals surface area contributed by atoms with Gasteiger partial charge in [0.15, 0.2) is 0 Å². The van der Waals surface area contributed by atoms with E-state index < -0.39 is 0 Å². The van der Waals surface area contributed by atoms with E-state index in [0.717, 1.165) is 18.7 Å². The van der Waals surface area contributed by atoms with Crippen LogP contribution >= 0.6 is 0 Å². The second-order valence-corrected chi connectivity index (χ2v) is 4.29. The lowest BCUT2D eigenvalue weighted by Gasteiger charge is -2.07. The van der Waals surface area contributed by atoms with Gasteiger partial charge in [0.2, 0.25) is 0 Å². The average molecular weight is 250 g/mol. The quantitative estimate of drug-likeness (QED) is 0.740. The Kier molecular flexibility index (Phi) is 3.96. The maximum Gasteiger partial charge on any atom is 0.307 e. The van der Waals surface area contributed by atoms with Crippen LogP contribution in [0.3, 0.4) is 0 Å². The summed E-state index contributed by atoms with van der Waals surface area (Å²) in [6.07, 6.45) is 2.58. The molecule has 6 heteroatoms. The highest BCUT2D eigenvalue weighted by atomic mass is 16.5. The SMILES string of the molecule is CCOC(=O)CCNc1cc(N)nc(C2CC2)n1. The number of anilines is 2. The van der Waals surface area contributed by atoms with E-state index in [0.29, 0.717) is 37.1 Å². The molecule has 0 spiro atoms. The molecule has 0 bridgehead atoms. The van der Waals surface area contributed by atoms with Crippen molar-refractivity contribution in [2.24, 2.45) is 0 Å². The zero-order valence-corrected chi connectivity index (χ0v) is 10.5. The number of nitrogens with two attached hydrogens (primary N) is 1. The zero-order chi connectivity index (χ0) is 13.0. The normalized spacial score (nSPS) is 14.3. The van der Waals surface area contributed by atoms with Crippen molar-refractivity contribution in [2.75, 3.05) is 24.2 Å². The molecule has 0 atom stereocenters. The minimum absolute atomic E-state index is 0.213. The van der Waals surface area contributed by atoms with Crippen molar-refractivity contribution in [2.45, 2.75) is 32.1 Å². The molecule has 1 aromatic heterocycles. The molecule has 0 radical (unpaired) electrons. The van der Waals surface area contributed by atoms with E-state index in [4.69, 9.17) is 10.5 Å². The van der Waals surface area contributed by atoms with Gasteiger partial charge < -0.3 is 15.8 Å². The van der Waals surface area contributed by atoms with Gasteiger partial charge in [0, 0.05) is 18.5 Å². The number of nitrogen functional groups attached to an aromatic ring is 1. The zero-order valence-electron chi connectivity index (χ0n) is 10.5. The van der Waals surface area contributed by atoms with Gasteiger partial charge in [-0.2, -0.15) is 0 Å². The largest absolute Gasteiger partial charge is 0.466 e. The Morgan fingerprint density at radius 1 is 1.56 bits per heavy atom. The Labute approximate surface area is 106 Å². The molecule has 6 nitrogen and oxygen atoms in total. The van der Waals surface area contributed by atoms with Crippen molar-refractivity contribution in [1.29, 1.82) is 0 Å². The molecular weight excluding hydrogens is 232 g/mol. The number of carbonyl (C=O) groups excluding carboxylic acids is 1. The first kappa shape index (κ1) is 12.6. The van der Waals surface area contributed by atoms with Crippen LogP contribution < -0.4 is 11.1 Å². The molecule has 98 valence electrons. The molecule has 3 N–H and O–H groups in total. The molecule has 1 aliphatic rings. The predicted molar refractivity (Wildman–Crippen MR) is 68.2 cm³/mol. The number of hydrogen-bond donors (Lipinski definition) is 2. The van der Waals surface area contributed by atoms with Crippen LogP contribution in [0.2, 0.25) is 0 Å². The number of nitrogens with one attached hydrogen (secondary N) is 1. The van der Waals surface area contributed by atoms with Gasteiger partial charge in [0.05, 0.1) is 13.0 Å². The van der Waals surface area contributed by atoms with Crippen molar-refractivity contribution < 1.29 is 9.53 Å². The van der Waals surface area contributed by atoms with Crippen LogP contribution in [-0.4, -0.2) is 29.1 Å². The van der Waals surface area contributed by atoms with Crippen LogP contribution in [0.4, 0.5) is 11.6 Å². The molecule has 0 amide bonds. The van der Waals surface area contributed by atoms with Crippen LogP contribution in [0.25, 0.3) is 0 Å². The maximum absolute atomic E-state index is 11.2. The van der Waals surface area contributed by atoms with E-state index in [9.17, 15) is 4.79 Å². The van der Waals surface area contributed by atoms with Gasteiger partial charge in [0.25, 0.3) is 0 Å². The van der Waals surface area contributed by atoms with Crippen LogP contribution in [0.15, 0.2) is 6.07 Å². The third-order valence-corrected chi connectivity index (χ3v) is 2.65. The van der Waals surface area contributed by atoms with Crippen molar-refractivity contribution in [3.63, 3.8) is 0 Å². The number of hydrogen-bond acceptors (Lipinski definition) is 6. The number of ether oxygens (including phenoxy) is 1. The highest BCUT2D eigenvalue weighted by Crippen LogP contribution is 2.38. The van der Waals surface area contributed by atoms with Crippen molar-refractivity contribution in [1.82, 2.24) is 9.97 Å². The molecule has 0 aliphatic heterocycles. The molecule has 0 aromatic carbocycles. The van der Waals surface area contributed by atoms with E-state index in [-0.39, 0.29) is 5.97 Å². The second-order valence-electron chi connectivity index (χ2n) is 4.29. The van der Waals surface area contributed by atoms with E-state index in [1.54, 1.807) is 13.0 Å². The monoisotopic (exact) mass is 250 g/mol. The summed E-state index contributed by atoms with van der Waals surface area (Å²) in [5.41, 5.74) is 5.72. The lowest BCUT2D eigenvalue weighted by molar-refractivity contribution is -0.142. The molecule has 0 unspecified atom stereocenters. The highest BCUT2D eigenvalue weighted by Gasteiger charge is 2.27. The van der Waals surface area contributed by atoms with Gasteiger partial charge in [-0.3, -0.25) is 4.79 Å². The summed E-state index contributed by atoms with van der Waals surface area (Å²) in [5.74, 6) is 2.18. The molecular formula is C12H18N4O2.